The second-order valence-electron chi connectivity index (χ2n) is 6.17. The van der Waals surface area contributed by atoms with Gasteiger partial charge in [0.05, 0.1) is 12.1 Å². The maximum Gasteiger partial charge on any atom is 0.410 e. The Balaban J connectivity index is 1.54. The number of amides is 1. The Bertz CT molecular complexity index is 600. The Morgan fingerprint density at radius 3 is 2.96 bits per heavy atom. The highest BCUT2D eigenvalue weighted by Crippen LogP contribution is 2.37. The van der Waals surface area contributed by atoms with Crippen LogP contribution < -0.4 is 0 Å². The first-order valence-corrected chi connectivity index (χ1v) is 7.89. The van der Waals surface area contributed by atoms with Crippen LogP contribution in [0.1, 0.15) is 24.8 Å². The molecule has 5 heteroatoms. The average Bonchev–Trinajstić information content (AvgIpc) is 3.10. The number of ether oxygens (including phenoxy) is 2. The number of hydrogen-bond acceptors (Lipinski definition) is 4. The van der Waals surface area contributed by atoms with E-state index in [2.05, 4.69) is 6.58 Å². The molecule has 0 aromatic heterocycles. The van der Waals surface area contributed by atoms with E-state index in [1.807, 2.05) is 30.3 Å². The van der Waals surface area contributed by atoms with Crippen LogP contribution in [0.2, 0.25) is 0 Å². The van der Waals surface area contributed by atoms with Gasteiger partial charge in [-0.2, -0.15) is 0 Å². The van der Waals surface area contributed by atoms with Gasteiger partial charge in [-0.05, 0) is 18.4 Å². The molecule has 2 fully saturated rings. The minimum atomic E-state index is -0.531. The Morgan fingerprint density at radius 2 is 2.22 bits per heavy atom. The summed E-state index contributed by atoms with van der Waals surface area (Å²) >= 11 is 0. The SMILES string of the molecule is C=CCC1OC2(CCN(C(=O)OCc3ccccc3)C2)CC1=O. The predicted molar refractivity (Wildman–Crippen MR) is 84.9 cm³/mol. The van der Waals surface area contributed by atoms with Crippen LogP contribution in [0, 0.1) is 0 Å². The summed E-state index contributed by atoms with van der Waals surface area (Å²) in [6, 6.07) is 9.57. The maximum atomic E-state index is 12.2. The van der Waals surface area contributed by atoms with Crippen molar-refractivity contribution in [3.05, 3.63) is 48.6 Å². The lowest BCUT2D eigenvalue weighted by atomic mass is 9.98. The second kappa shape index (κ2) is 6.54. The molecular weight excluding hydrogens is 294 g/mol. The third kappa shape index (κ3) is 3.45. The van der Waals surface area contributed by atoms with Crippen molar-refractivity contribution in [2.45, 2.75) is 37.6 Å². The van der Waals surface area contributed by atoms with E-state index in [9.17, 15) is 9.59 Å². The van der Waals surface area contributed by atoms with Crippen molar-refractivity contribution >= 4 is 11.9 Å². The van der Waals surface area contributed by atoms with E-state index in [0.29, 0.717) is 32.4 Å². The van der Waals surface area contributed by atoms with Gasteiger partial charge in [-0.1, -0.05) is 36.4 Å². The normalized spacial score (nSPS) is 26.7. The summed E-state index contributed by atoms with van der Waals surface area (Å²) in [5.74, 6) is 0.101. The first-order valence-electron chi connectivity index (χ1n) is 7.89. The van der Waals surface area contributed by atoms with Crippen molar-refractivity contribution in [3.8, 4) is 0 Å². The molecule has 2 unspecified atom stereocenters. The zero-order chi connectivity index (χ0) is 16.3. The van der Waals surface area contributed by atoms with Crippen LogP contribution in [-0.4, -0.2) is 41.6 Å². The van der Waals surface area contributed by atoms with E-state index in [4.69, 9.17) is 9.47 Å². The molecule has 2 saturated heterocycles. The Morgan fingerprint density at radius 1 is 1.43 bits per heavy atom. The van der Waals surface area contributed by atoms with Crippen LogP contribution >= 0.6 is 0 Å². The summed E-state index contributed by atoms with van der Waals surface area (Å²) in [5.41, 5.74) is 0.421. The molecule has 0 saturated carbocycles. The summed E-state index contributed by atoms with van der Waals surface area (Å²) in [7, 11) is 0. The van der Waals surface area contributed by atoms with Crippen molar-refractivity contribution in [2.24, 2.45) is 0 Å². The molecule has 0 radical (unpaired) electrons. The van der Waals surface area contributed by atoms with Crippen molar-refractivity contribution in [1.82, 2.24) is 4.90 Å². The summed E-state index contributed by atoms with van der Waals surface area (Å²) < 4.78 is 11.3. The fraction of sp³-hybridized carbons (Fsp3) is 0.444. The third-order valence-electron chi connectivity index (χ3n) is 4.41. The standard InChI is InChI=1S/C18H21NO4/c1-2-6-16-15(20)11-18(23-16)9-10-19(13-18)17(21)22-12-14-7-4-3-5-8-14/h2-5,7-8,16H,1,6,9-13H2. The number of nitrogens with zero attached hydrogens (tertiary/aromatic N) is 1. The number of likely N-dealkylation sites (tertiary alicyclic amines) is 1. The lowest BCUT2D eigenvalue weighted by molar-refractivity contribution is -0.123. The minimum absolute atomic E-state index is 0.101. The molecule has 0 aliphatic carbocycles. The zero-order valence-electron chi connectivity index (χ0n) is 13.1. The molecule has 0 bridgehead atoms. The number of rotatable bonds is 4. The minimum Gasteiger partial charge on any atom is -0.445 e. The first kappa shape index (κ1) is 15.7. The molecule has 122 valence electrons. The van der Waals surface area contributed by atoms with Crippen molar-refractivity contribution < 1.29 is 19.1 Å². The molecule has 5 nitrogen and oxygen atoms in total. The van der Waals surface area contributed by atoms with Crippen molar-refractivity contribution in [1.29, 1.82) is 0 Å². The highest BCUT2D eigenvalue weighted by Gasteiger charge is 2.50. The van der Waals surface area contributed by atoms with Gasteiger partial charge in [0.1, 0.15) is 12.7 Å². The van der Waals surface area contributed by atoms with Crippen LogP contribution in [0.5, 0.6) is 0 Å². The molecule has 1 aromatic rings. The molecule has 2 atom stereocenters. The van der Waals surface area contributed by atoms with Crippen LogP contribution in [-0.2, 0) is 20.9 Å². The smallest absolute Gasteiger partial charge is 0.410 e. The van der Waals surface area contributed by atoms with E-state index in [-0.39, 0.29) is 18.5 Å². The molecule has 2 aliphatic heterocycles. The monoisotopic (exact) mass is 315 g/mol. The van der Waals surface area contributed by atoms with Crippen LogP contribution in [0.15, 0.2) is 43.0 Å². The molecule has 1 spiro atoms. The maximum absolute atomic E-state index is 12.2. The molecule has 2 heterocycles. The first-order chi connectivity index (χ1) is 11.1. The Hall–Kier alpha value is -2.14. The van der Waals surface area contributed by atoms with E-state index in [1.165, 1.54) is 0 Å². The fourth-order valence-corrected chi connectivity index (χ4v) is 3.22. The Labute approximate surface area is 135 Å². The van der Waals surface area contributed by atoms with Gasteiger partial charge in [-0.3, -0.25) is 4.79 Å². The predicted octanol–water partition coefficient (Wildman–Crippen LogP) is 2.70. The highest BCUT2D eigenvalue weighted by atomic mass is 16.6. The van der Waals surface area contributed by atoms with Gasteiger partial charge in [0, 0.05) is 13.0 Å². The molecule has 1 aromatic carbocycles. The summed E-state index contributed by atoms with van der Waals surface area (Å²) in [5, 5.41) is 0. The van der Waals surface area contributed by atoms with E-state index in [1.54, 1.807) is 11.0 Å². The lowest BCUT2D eigenvalue weighted by Crippen LogP contribution is -2.36. The topological polar surface area (TPSA) is 55.8 Å². The number of hydrogen-bond donors (Lipinski definition) is 0. The molecule has 1 amide bonds. The van der Waals surface area contributed by atoms with Crippen LogP contribution in [0.3, 0.4) is 0 Å². The number of carbonyl (C=O) groups is 2. The fourth-order valence-electron chi connectivity index (χ4n) is 3.22. The quantitative estimate of drug-likeness (QED) is 0.802. The van der Waals surface area contributed by atoms with E-state index >= 15 is 0 Å². The zero-order valence-corrected chi connectivity index (χ0v) is 13.1. The van der Waals surface area contributed by atoms with E-state index in [0.717, 1.165) is 5.56 Å². The van der Waals surface area contributed by atoms with Crippen LogP contribution in [0.25, 0.3) is 0 Å². The highest BCUT2D eigenvalue weighted by molar-refractivity contribution is 5.86. The van der Waals surface area contributed by atoms with Gasteiger partial charge in [-0.15, -0.1) is 6.58 Å². The number of benzene rings is 1. The molecule has 23 heavy (non-hydrogen) atoms. The third-order valence-corrected chi connectivity index (χ3v) is 4.41. The van der Waals surface area contributed by atoms with Gasteiger partial charge in [0.15, 0.2) is 5.78 Å². The van der Waals surface area contributed by atoms with Gasteiger partial charge in [-0.25, -0.2) is 4.79 Å². The number of Topliss-reactive ketones (excluding diaryl/α,β-unsaturated/α-hetero) is 1. The summed E-state index contributed by atoms with van der Waals surface area (Å²) in [6.45, 7) is 4.88. The second-order valence-corrected chi connectivity index (χ2v) is 6.17. The summed E-state index contributed by atoms with van der Waals surface area (Å²) in [4.78, 5) is 25.8. The van der Waals surface area contributed by atoms with Crippen molar-refractivity contribution in [3.63, 3.8) is 0 Å². The number of carbonyl (C=O) groups excluding carboxylic acids is 2. The van der Waals surface area contributed by atoms with E-state index < -0.39 is 11.7 Å². The van der Waals surface area contributed by atoms with Gasteiger partial charge in [0.25, 0.3) is 0 Å². The average molecular weight is 315 g/mol. The molecule has 2 aliphatic rings. The molecule has 3 rings (SSSR count). The van der Waals surface area contributed by atoms with Gasteiger partial charge in [0.2, 0.25) is 0 Å². The lowest BCUT2D eigenvalue weighted by Gasteiger charge is -2.23. The summed E-state index contributed by atoms with van der Waals surface area (Å²) in [6.07, 6.45) is 2.50. The van der Waals surface area contributed by atoms with Gasteiger partial charge < -0.3 is 14.4 Å². The Kier molecular flexibility index (Phi) is 4.48. The van der Waals surface area contributed by atoms with Crippen molar-refractivity contribution in [2.75, 3.05) is 13.1 Å². The van der Waals surface area contributed by atoms with Crippen LogP contribution in [0.4, 0.5) is 4.79 Å². The molecule has 0 N–H and O–H groups in total. The molecular formula is C18H21NO4. The largest absolute Gasteiger partial charge is 0.445 e. The van der Waals surface area contributed by atoms with Gasteiger partial charge >= 0.3 is 6.09 Å². The number of ketones is 1.